The zero-order chi connectivity index (χ0) is 32.1. The molecule has 0 fully saturated rings. The summed E-state index contributed by atoms with van der Waals surface area (Å²) in [6, 6.07) is 18.9. The molecule has 0 atom stereocenters. The first-order valence-electron chi connectivity index (χ1n) is 14.4. The van der Waals surface area contributed by atoms with E-state index in [1.54, 1.807) is 64.2 Å². The SMILES string of the molecule is CN(CCNC(=O)c1ccc(-c2ccccc2C#N)nc1NCCc1cccc(F)c1)C(=O)CCCNC(=O)OC(C)(C)C. The summed E-state index contributed by atoms with van der Waals surface area (Å²) in [5, 5.41) is 18.2. The Kier molecular flexibility index (Phi) is 12.2. The van der Waals surface area contributed by atoms with Crippen molar-refractivity contribution in [1.82, 2.24) is 20.5 Å². The Labute approximate surface area is 257 Å². The van der Waals surface area contributed by atoms with Gasteiger partial charge in [-0.1, -0.05) is 30.3 Å². The number of nitrogens with one attached hydrogen (secondary N) is 3. The number of likely N-dealkylation sites (N-methyl/N-ethyl adjacent to an activating group) is 1. The standard InChI is InChI=1S/C33H39FN6O4/c1-33(2,3)44-32(43)38-17-8-13-29(41)40(4)20-19-37-31(42)27-14-15-28(26-12-6-5-10-24(26)22-35)39-30(27)36-18-16-23-9-7-11-25(34)21-23/h5-7,9-12,14-15,21H,8,13,16-20H2,1-4H3,(H,36,39)(H,37,42)(H,38,43). The Morgan fingerprint density at radius 1 is 1.00 bits per heavy atom. The highest BCUT2D eigenvalue weighted by molar-refractivity contribution is 5.99. The number of benzene rings is 2. The largest absolute Gasteiger partial charge is 0.444 e. The van der Waals surface area contributed by atoms with Crippen molar-refractivity contribution in [2.75, 3.05) is 38.5 Å². The van der Waals surface area contributed by atoms with Gasteiger partial charge in [0.1, 0.15) is 17.2 Å². The number of halogens is 1. The molecule has 1 heterocycles. The van der Waals surface area contributed by atoms with E-state index in [9.17, 15) is 24.0 Å². The summed E-state index contributed by atoms with van der Waals surface area (Å²) in [6.07, 6.45) is 0.655. The Balaban J connectivity index is 1.59. The number of nitrogens with zero attached hydrogens (tertiary/aromatic N) is 3. The van der Waals surface area contributed by atoms with Crippen LogP contribution in [0.2, 0.25) is 0 Å². The number of hydrogen-bond acceptors (Lipinski definition) is 7. The van der Waals surface area contributed by atoms with Crippen LogP contribution in [-0.4, -0.2) is 66.6 Å². The fourth-order valence-electron chi connectivity index (χ4n) is 4.24. The minimum atomic E-state index is -0.592. The molecule has 10 nitrogen and oxygen atoms in total. The molecule has 3 N–H and O–H groups in total. The number of alkyl carbamates (subject to hydrolysis) is 1. The molecule has 1 aromatic heterocycles. The highest BCUT2D eigenvalue weighted by atomic mass is 19.1. The quantitative estimate of drug-likeness (QED) is 0.237. The first kappa shape index (κ1) is 33.5. The van der Waals surface area contributed by atoms with Gasteiger partial charge < -0.3 is 25.6 Å². The van der Waals surface area contributed by atoms with Gasteiger partial charge in [0.25, 0.3) is 5.91 Å². The molecule has 0 saturated heterocycles. The molecule has 0 aliphatic rings. The molecular weight excluding hydrogens is 563 g/mol. The average molecular weight is 603 g/mol. The van der Waals surface area contributed by atoms with Gasteiger partial charge in [-0.25, -0.2) is 14.2 Å². The normalized spacial score (nSPS) is 10.8. The molecule has 2 aromatic carbocycles. The predicted octanol–water partition coefficient (Wildman–Crippen LogP) is 4.91. The molecule has 3 aromatic rings. The van der Waals surface area contributed by atoms with Crippen LogP contribution in [0.15, 0.2) is 60.7 Å². The third-order valence-corrected chi connectivity index (χ3v) is 6.45. The van der Waals surface area contributed by atoms with E-state index in [0.29, 0.717) is 54.1 Å². The van der Waals surface area contributed by atoms with E-state index in [4.69, 9.17) is 4.74 Å². The molecule has 3 amide bonds. The lowest BCUT2D eigenvalue weighted by molar-refractivity contribution is -0.129. The van der Waals surface area contributed by atoms with Crippen LogP contribution in [0.5, 0.6) is 0 Å². The van der Waals surface area contributed by atoms with Crippen LogP contribution in [0.4, 0.5) is 15.0 Å². The number of carbonyl (C=O) groups excluding carboxylic acids is 3. The second-order valence-corrected chi connectivity index (χ2v) is 11.2. The number of anilines is 1. The van der Waals surface area contributed by atoms with Crippen LogP contribution in [0.25, 0.3) is 11.3 Å². The number of pyridine rings is 1. The first-order valence-corrected chi connectivity index (χ1v) is 14.4. The molecule has 11 heteroatoms. The summed E-state index contributed by atoms with van der Waals surface area (Å²) in [7, 11) is 1.65. The van der Waals surface area contributed by atoms with E-state index in [-0.39, 0.29) is 37.1 Å². The lowest BCUT2D eigenvalue weighted by Gasteiger charge is -2.20. The fourth-order valence-corrected chi connectivity index (χ4v) is 4.24. The Hall–Kier alpha value is -4.98. The van der Waals surface area contributed by atoms with Crippen LogP contribution in [0.1, 0.15) is 55.1 Å². The van der Waals surface area contributed by atoms with Gasteiger partial charge in [-0.15, -0.1) is 0 Å². The van der Waals surface area contributed by atoms with E-state index < -0.39 is 11.7 Å². The number of nitriles is 1. The second-order valence-electron chi connectivity index (χ2n) is 11.2. The Morgan fingerprint density at radius 2 is 1.77 bits per heavy atom. The van der Waals surface area contributed by atoms with Crippen LogP contribution in [0.3, 0.4) is 0 Å². The third kappa shape index (κ3) is 10.7. The molecule has 0 radical (unpaired) electrons. The minimum absolute atomic E-state index is 0.118. The van der Waals surface area contributed by atoms with Crippen LogP contribution < -0.4 is 16.0 Å². The molecule has 0 aliphatic heterocycles. The summed E-state index contributed by atoms with van der Waals surface area (Å²) in [6.45, 7) is 6.52. The summed E-state index contributed by atoms with van der Waals surface area (Å²) in [5.74, 6) is -0.497. The number of rotatable bonds is 13. The van der Waals surface area contributed by atoms with Gasteiger partial charge in [-0.05, 0) is 69.5 Å². The summed E-state index contributed by atoms with van der Waals surface area (Å²) >= 11 is 0. The molecule has 3 rings (SSSR count). The van der Waals surface area contributed by atoms with Gasteiger partial charge in [0.2, 0.25) is 5.91 Å². The van der Waals surface area contributed by atoms with Crippen LogP contribution >= 0.6 is 0 Å². The fraction of sp³-hybridized carbons (Fsp3) is 0.364. The van der Waals surface area contributed by atoms with Gasteiger partial charge in [0.05, 0.1) is 22.9 Å². The van der Waals surface area contributed by atoms with E-state index in [1.807, 2.05) is 12.1 Å². The smallest absolute Gasteiger partial charge is 0.407 e. The van der Waals surface area contributed by atoms with Crippen molar-refractivity contribution in [3.05, 3.63) is 83.2 Å². The Morgan fingerprint density at radius 3 is 2.50 bits per heavy atom. The maximum atomic E-state index is 13.6. The number of hydrogen-bond donors (Lipinski definition) is 3. The zero-order valence-corrected chi connectivity index (χ0v) is 25.6. The number of carbonyl (C=O) groups is 3. The summed E-state index contributed by atoms with van der Waals surface area (Å²) < 4.78 is 18.8. The highest BCUT2D eigenvalue weighted by Crippen LogP contribution is 2.25. The van der Waals surface area contributed by atoms with Gasteiger partial charge in [-0.3, -0.25) is 9.59 Å². The number of ether oxygens (including phenoxy) is 1. The van der Waals surface area contributed by atoms with Crippen LogP contribution in [0, 0.1) is 17.1 Å². The van der Waals surface area contributed by atoms with E-state index >= 15 is 0 Å². The van der Waals surface area contributed by atoms with Crippen molar-refractivity contribution in [2.45, 2.75) is 45.6 Å². The molecule has 0 spiro atoms. The topological polar surface area (TPSA) is 136 Å². The molecule has 232 valence electrons. The molecular formula is C33H39FN6O4. The minimum Gasteiger partial charge on any atom is -0.444 e. The Bertz CT molecular complexity index is 1500. The second kappa shape index (κ2) is 16.0. The zero-order valence-electron chi connectivity index (χ0n) is 25.6. The van der Waals surface area contributed by atoms with E-state index in [1.165, 1.54) is 17.0 Å². The average Bonchev–Trinajstić information content (AvgIpc) is 2.98. The summed E-state index contributed by atoms with van der Waals surface area (Å²) in [4.78, 5) is 43.6. The third-order valence-electron chi connectivity index (χ3n) is 6.45. The molecule has 0 aliphatic carbocycles. The van der Waals surface area contributed by atoms with Crippen molar-refractivity contribution in [2.24, 2.45) is 0 Å². The van der Waals surface area contributed by atoms with E-state index in [0.717, 1.165) is 5.56 Å². The summed E-state index contributed by atoms with van der Waals surface area (Å²) in [5.41, 5.74) is 2.12. The van der Waals surface area contributed by atoms with Crippen molar-refractivity contribution < 1.29 is 23.5 Å². The predicted molar refractivity (Wildman–Crippen MR) is 166 cm³/mol. The van der Waals surface area contributed by atoms with Gasteiger partial charge >= 0.3 is 6.09 Å². The van der Waals surface area contributed by atoms with Crippen molar-refractivity contribution in [3.8, 4) is 17.3 Å². The van der Waals surface area contributed by atoms with E-state index in [2.05, 4.69) is 27.0 Å². The molecule has 0 saturated carbocycles. The van der Waals surface area contributed by atoms with Crippen LogP contribution in [-0.2, 0) is 16.0 Å². The van der Waals surface area contributed by atoms with Gasteiger partial charge in [0, 0.05) is 45.2 Å². The first-order chi connectivity index (χ1) is 21.0. The number of aromatic nitrogens is 1. The van der Waals surface area contributed by atoms with Gasteiger partial charge in [0.15, 0.2) is 0 Å². The lowest BCUT2D eigenvalue weighted by atomic mass is 10.0. The maximum Gasteiger partial charge on any atom is 0.407 e. The monoisotopic (exact) mass is 602 g/mol. The highest BCUT2D eigenvalue weighted by Gasteiger charge is 2.18. The lowest BCUT2D eigenvalue weighted by Crippen LogP contribution is -2.37. The van der Waals surface area contributed by atoms with Crippen molar-refractivity contribution >= 4 is 23.7 Å². The van der Waals surface area contributed by atoms with Gasteiger partial charge in [-0.2, -0.15) is 5.26 Å². The molecule has 0 unspecified atom stereocenters. The van der Waals surface area contributed by atoms with Crippen molar-refractivity contribution in [1.29, 1.82) is 5.26 Å². The molecule has 0 bridgehead atoms. The maximum absolute atomic E-state index is 13.6. The number of amides is 3. The molecule has 44 heavy (non-hydrogen) atoms. The van der Waals surface area contributed by atoms with Crippen molar-refractivity contribution in [3.63, 3.8) is 0 Å².